The number of nitrogens with zero attached hydrogens (tertiary/aromatic N) is 4. The summed E-state index contributed by atoms with van der Waals surface area (Å²) in [5.41, 5.74) is 6.13. The SMILES string of the molecule is COc1cc(C2CC2c2cnc(-c3ncccn3)nc2)c(-c2ccccc2)cc1C. The maximum atomic E-state index is 5.62. The number of aryl methyl sites for hydroxylation is 1. The summed E-state index contributed by atoms with van der Waals surface area (Å²) in [5.74, 6) is 2.87. The normalized spacial score (nSPS) is 17.5. The molecule has 2 atom stereocenters. The van der Waals surface area contributed by atoms with Gasteiger partial charge in [-0.15, -0.1) is 0 Å². The average molecular weight is 394 g/mol. The largest absolute Gasteiger partial charge is 0.496 e. The second-order valence-corrected chi connectivity index (χ2v) is 7.64. The molecule has 2 heterocycles. The second kappa shape index (κ2) is 7.67. The van der Waals surface area contributed by atoms with E-state index in [1.165, 1.54) is 16.7 Å². The van der Waals surface area contributed by atoms with Crippen molar-refractivity contribution in [2.45, 2.75) is 25.2 Å². The van der Waals surface area contributed by atoms with Gasteiger partial charge in [-0.3, -0.25) is 0 Å². The summed E-state index contributed by atoms with van der Waals surface area (Å²) in [5, 5.41) is 0. The van der Waals surface area contributed by atoms with E-state index in [1.807, 2.05) is 12.4 Å². The van der Waals surface area contributed by atoms with Gasteiger partial charge >= 0.3 is 0 Å². The predicted molar refractivity (Wildman–Crippen MR) is 116 cm³/mol. The van der Waals surface area contributed by atoms with Crippen LogP contribution in [0.1, 0.15) is 34.9 Å². The van der Waals surface area contributed by atoms with E-state index < -0.39 is 0 Å². The van der Waals surface area contributed by atoms with Gasteiger partial charge in [0.1, 0.15) is 5.75 Å². The van der Waals surface area contributed by atoms with Crippen LogP contribution in [0.25, 0.3) is 22.8 Å². The van der Waals surface area contributed by atoms with Gasteiger partial charge in [0.05, 0.1) is 7.11 Å². The van der Waals surface area contributed by atoms with Gasteiger partial charge < -0.3 is 4.74 Å². The zero-order valence-electron chi connectivity index (χ0n) is 17.0. The van der Waals surface area contributed by atoms with Gasteiger partial charge in [-0.1, -0.05) is 30.3 Å². The molecule has 5 rings (SSSR count). The van der Waals surface area contributed by atoms with Crippen LogP contribution < -0.4 is 4.74 Å². The molecule has 0 radical (unpaired) electrons. The molecule has 0 amide bonds. The van der Waals surface area contributed by atoms with Gasteiger partial charge in [0.2, 0.25) is 0 Å². The molecule has 1 fully saturated rings. The molecule has 1 aliphatic rings. The summed E-state index contributed by atoms with van der Waals surface area (Å²) in [6.45, 7) is 2.09. The highest BCUT2D eigenvalue weighted by atomic mass is 16.5. The zero-order valence-corrected chi connectivity index (χ0v) is 17.0. The molecule has 0 saturated heterocycles. The van der Waals surface area contributed by atoms with Crippen molar-refractivity contribution in [1.29, 1.82) is 0 Å². The number of ether oxygens (including phenoxy) is 1. The Bertz CT molecular complexity index is 1160. The molecule has 2 unspecified atom stereocenters. The Morgan fingerprint density at radius 1 is 0.833 bits per heavy atom. The lowest BCUT2D eigenvalue weighted by atomic mass is 9.93. The van der Waals surface area contributed by atoms with Gasteiger partial charge in [0.25, 0.3) is 0 Å². The number of aromatic nitrogens is 4. The highest BCUT2D eigenvalue weighted by Gasteiger charge is 2.41. The van der Waals surface area contributed by atoms with Gasteiger partial charge in [-0.2, -0.15) is 0 Å². The number of hydrogen-bond acceptors (Lipinski definition) is 5. The van der Waals surface area contributed by atoms with Gasteiger partial charge in [0.15, 0.2) is 11.6 Å². The summed E-state index contributed by atoms with van der Waals surface area (Å²) in [4.78, 5) is 17.5. The monoisotopic (exact) mass is 394 g/mol. The first kappa shape index (κ1) is 18.4. The van der Waals surface area contributed by atoms with Crippen LogP contribution in [0.3, 0.4) is 0 Å². The minimum Gasteiger partial charge on any atom is -0.496 e. The fourth-order valence-electron chi connectivity index (χ4n) is 4.06. The van der Waals surface area contributed by atoms with Crippen LogP contribution in [0.5, 0.6) is 5.75 Å². The molecular weight excluding hydrogens is 372 g/mol. The molecule has 4 aromatic rings. The van der Waals surface area contributed by atoms with Crippen molar-refractivity contribution in [1.82, 2.24) is 19.9 Å². The average Bonchev–Trinajstić information content (AvgIpc) is 3.61. The minimum absolute atomic E-state index is 0.408. The van der Waals surface area contributed by atoms with Crippen molar-refractivity contribution in [3.8, 4) is 28.5 Å². The molecule has 2 aromatic carbocycles. The molecule has 1 saturated carbocycles. The van der Waals surface area contributed by atoms with E-state index in [4.69, 9.17) is 4.74 Å². The predicted octanol–water partition coefficient (Wildman–Crippen LogP) is 5.19. The first-order valence-corrected chi connectivity index (χ1v) is 10.1. The topological polar surface area (TPSA) is 60.8 Å². The summed E-state index contributed by atoms with van der Waals surface area (Å²) < 4.78 is 5.62. The highest BCUT2D eigenvalue weighted by Crippen LogP contribution is 2.57. The minimum atomic E-state index is 0.408. The second-order valence-electron chi connectivity index (χ2n) is 7.64. The molecule has 5 heteroatoms. The molecule has 30 heavy (non-hydrogen) atoms. The third kappa shape index (κ3) is 3.43. The third-order valence-electron chi connectivity index (χ3n) is 5.71. The lowest BCUT2D eigenvalue weighted by Gasteiger charge is -2.15. The molecular formula is C25H22N4O. The number of methoxy groups -OCH3 is 1. The summed E-state index contributed by atoms with van der Waals surface area (Å²) in [7, 11) is 1.73. The third-order valence-corrected chi connectivity index (χ3v) is 5.71. The van der Waals surface area contributed by atoms with E-state index in [0.29, 0.717) is 23.5 Å². The molecule has 0 spiro atoms. The highest BCUT2D eigenvalue weighted by molar-refractivity contribution is 5.71. The maximum absolute atomic E-state index is 5.62. The van der Waals surface area contributed by atoms with Crippen LogP contribution in [0.2, 0.25) is 0 Å². The number of hydrogen-bond donors (Lipinski definition) is 0. The Labute approximate surface area is 175 Å². The van der Waals surface area contributed by atoms with Crippen LogP contribution in [-0.4, -0.2) is 27.0 Å². The maximum Gasteiger partial charge on any atom is 0.197 e. The lowest BCUT2D eigenvalue weighted by Crippen LogP contribution is -1.97. The van der Waals surface area contributed by atoms with Crippen molar-refractivity contribution < 1.29 is 4.74 Å². The molecule has 0 N–H and O–H groups in total. The first-order valence-electron chi connectivity index (χ1n) is 10.1. The van der Waals surface area contributed by atoms with Crippen LogP contribution in [0.15, 0.2) is 73.3 Å². The fourth-order valence-corrected chi connectivity index (χ4v) is 4.06. The van der Waals surface area contributed by atoms with E-state index in [0.717, 1.165) is 23.3 Å². The molecule has 0 aliphatic heterocycles. The fraction of sp³-hybridized carbons (Fsp3) is 0.200. The van der Waals surface area contributed by atoms with Gasteiger partial charge in [0, 0.05) is 24.8 Å². The van der Waals surface area contributed by atoms with Crippen LogP contribution >= 0.6 is 0 Å². The van der Waals surface area contributed by atoms with Crippen molar-refractivity contribution >= 4 is 0 Å². The quantitative estimate of drug-likeness (QED) is 0.466. The van der Waals surface area contributed by atoms with Crippen LogP contribution in [0.4, 0.5) is 0 Å². The summed E-state index contributed by atoms with van der Waals surface area (Å²) >= 11 is 0. The Hall–Kier alpha value is -3.60. The Kier molecular flexibility index (Phi) is 4.71. The van der Waals surface area contributed by atoms with Gasteiger partial charge in [-0.05, 0) is 71.2 Å². The summed E-state index contributed by atoms with van der Waals surface area (Å²) in [6.07, 6.45) is 8.31. The number of benzene rings is 2. The molecule has 1 aliphatic carbocycles. The van der Waals surface area contributed by atoms with E-state index >= 15 is 0 Å². The molecule has 148 valence electrons. The molecule has 5 nitrogen and oxygen atoms in total. The van der Waals surface area contributed by atoms with Crippen molar-refractivity contribution in [3.63, 3.8) is 0 Å². The van der Waals surface area contributed by atoms with E-state index in [9.17, 15) is 0 Å². The van der Waals surface area contributed by atoms with Crippen molar-refractivity contribution in [2.24, 2.45) is 0 Å². The standard InChI is InChI=1S/C25H22N4O/c1-16-11-19(17-7-4-3-5-8-17)22(13-23(16)30-2)21-12-20(21)18-14-28-25(29-15-18)24-26-9-6-10-27-24/h3-11,13-15,20-21H,12H2,1-2H3. The Balaban J connectivity index is 1.46. The van der Waals surface area contributed by atoms with Crippen molar-refractivity contribution in [2.75, 3.05) is 7.11 Å². The van der Waals surface area contributed by atoms with Crippen LogP contribution in [-0.2, 0) is 0 Å². The lowest BCUT2D eigenvalue weighted by molar-refractivity contribution is 0.411. The number of rotatable bonds is 5. The van der Waals surface area contributed by atoms with Gasteiger partial charge in [-0.25, -0.2) is 19.9 Å². The first-order chi connectivity index (χ1) is 14.7. The molecule has 2 aromatic heterocycles. The van der Waals surface area contributed by atoms with Crippen LogP contribution in [0, 0.1) is 6.92 Å². The van der Waals surface area contributed by atoms with Crippen molar-refractivity contribution in [3.05, 3.63) is 90.0 Å². The van der Waals surface area contributed by atoms with E-state index in [2.05, 4.69) is 69.3 Å². The van der Waals surface area contributed by atoms with E-state index in [1.54, 1.807) is 25.6 Å². The van der Waals surface area contributed by atoms with E-state index in [-0.39, 0.29) is 0 Å². The Morgan fingerprint density at radius 2 is 1.53 bits per heavy atom. The zero-order chi connectivity index (χ0) is 20.5. The molecule has 0 bridgehead atoms. The smallest absolute Gasteiger partial charge is 0.197 e. The Morgan fingerprint density at radius 3 is 2.23 bits per heavy atom. The summed E-state index contributed by atoms with van der Waals surface area (Å²) in [6, 6.07) is 16.8.